The van der Waals surface area contributed by atoms with Crippen molar-refractivity contribution >= 4 is 17.7 Å². The zero-order valence-electron chi connectivity index (χ0n) is 8.24. The average molecular weight is 215 g/mol. The van der Waals surface area contributed by atoms with Gasteiger partial charge in [0.15, 0.2) is 0 Å². The van der Waals surface area contributed by atoms with Crippen LogP contribution < -0.4 is 0 Å². The number of rotatable bonds is 5. The minimum Gasteiger partial charge on any atom is -0.460 e. The summed E-state index contributed by atoms with van der Waals surface area (Å²) in [6.07, 6.45) is 2.80. The summed E-state index contributed by atoms with van der Waals surface area (Å²) in [6, 6.07) is 0. The summed E-state index contributed by atoms with van der Waals surface area (Å²) in [5.74, 6) is 1.32. The molecule has 1 N–H and O–H groups in total. The second kappa shape index (κ2) is 5.64. The van der Waals surface area contributed by atoms with Crippen molar-refractivity contribution in [1.29, 1.82) is 0 Å². The fraction of sp³-hybridized carbons (Fsp3) is 0.625. The van der Waals surface area contributed by atoms with Gasteiger partial charge in [0.05, 0.1) is 6.61 Å². The van der Waals surface area contributed by atoms with Crippen LogP contribution in [0.1, 0.15) is 23.4 Å². The predicted octanol–water partition coefficient (Wildman–Crippen LogP) is 0.887. The van der Waals surface area contributed by atoms with Crippen molar-refractivity contribution in [1.82, 2.24) is 15.2 Å². The summed E-state index contributed by atoms with van der Waals surface area (Å²) < 4.78 is 4.76. The van der Waals surface area contributed by atoms with Crippen molar-refractivity contribution in [2.75, 3.05) is 18.6 Å². The molecule has 78 valence electrons. The van der Waals surface area contributed by atoms with Gasteiger partial charge in [-0.25, -0.2) is 9.78 Å². The standard InChI is InChI=1S/C8H13N3O2S/c1-3-13-8(12)7-9-6(10-11-7)4-5-14-2/h3-5H2,1-2H3,(H,9,10,11). The number of nitrogens with zero attached hydrogens (tertiary/aromatic N) is 2. The largest absolute Gasteiger partial charge is 0.460 e. The molecule has 0 saturated heterocycles. The number of carbonyl (C=O) groups excluding carboxylic acids is 1. The van der Waals surface area contributed by atoms with Gasteiger partial charge in [-0.15, -0.1) is 5.10 Å². The Labute approximate surface area is 86.6 Å². The van der Waals surface area contributed by atoms with Gasteiger partial charge < -0.3 is 4.74 Å². The number of aryl methyl sites for hydroxylation is 1. The van der Waals surface area contributed by atoms with E-state index in [1.807, 2.05) is 6.26 Å². The lowest BCUT2D eigenvalue weighted by atomic mass is 10.5. The first kappa shape index (κ1) is 11.0. The third kappa shape index (κ3) is 3.02. The van der Waals surface area contributed by atoms with Crippen LogP contribution in [0, 0.1) is 0 Å². The van der Waals surface area contributed by atoms with Crippen LogP contribution >= 0.6 is 11.8 Å². The Morgan fingerprint density at radius 1 is 1.64 bits per heavy atom. The molecule has 14 heavy (non-hydrogen) atoms. The van der Waals surface area contributed by atoms with Crippen LogP contribution in [-0.2, 0) is 11.2 Å². The normalized spacial score (nSPS) is 10.1. The smallest absolute Gasteiger partial charge is 0.378 e. The third-order valence-electron chi connectivity index (χ3n) is 1.53. The van der Waals surface area contributed by atoms with Gasteiger partial charge in [0.25, 0.3) is 5.82 Å². The molecule has 6 heteroatoms. The Bertz CT molecular complexity index is 301. The number of carbonyl (C=O) groups is 1. The second-order valence-electron chi connectivity index (χ2n) is 2.57. The van der Waals surface area contributed by atoms with Gasteiger partial charge in [-0.1, -0.05) is 0 Å². The van der Waals surface area contributed by atoms with Gasteiger partial charge in [0, 0.05) is 12.2 Å². The quantitative estimate of drug-likeness (QED) is 0.739. The van der Waals surface area contributed by atoms with Crippen LogP contribution in [0.3, 0.4) is 0 Å². The second-order valence-corrected chi connectivity index (χ2v) is 3.55. The van der Waals surface area contributed by atoms with E-state index in [2.05, 4.69) is 15.2 Å². The van der Waals surface area contributed by atoms with Gasteiger partial charge in [-0.3, -0.25) is 5.10 Å². The van der Waals surface area contributed by atoms with E-state index in [1.54, 1.807) is 18.7 Å². The van der Waals surface area contributed by atoms with E-state index in [1.165, 1.54) is 0 Å². The van der Waals surface area contributed by atoms with Gasteiger partial charge >= 0.3 is 5.97 Å². The summed E-state index contributed by atoms with van der Waals surface area (Å²) in [4.78, 5) is 15.2. The number of thioether (sulfide) groups is 1. The molecule has 0 radical (unpaired) electrons. The topological polar surface area (TPSA) is 67.9 Å². The van der Waals surface area contributed by atoms with E-state index in [-0.39, 0.29) is 5.82 Å². The zero-order chi connectivity index (χ0) is 10.4. The Morgan fingerprint density at radius 2 is 2.43 bits per heavy atom. The molecule has 0 aromatic carbocycles. The number of H-pyrrole nitrogens is 1. The molecule has 0 atom stereocenters. The van der Waals surface area contributed by atoms with E-state index in [4.69, 9.17) is 4.74 Å². The van der Waals surface area contributed by atoms with Gasteiger partial charge in [0.2, 0.25) is 0 Å². The number of nitrogens with one attached hydrogen (secondary N) is 1. The minimum absolute atomic E-state index is 0.114. The summed E-state index contributed by atoms with van der Waals surface area (Å²) >= 11 is 1.72. The zero-order valence-corrected chi connectivity index (χ0v) is 9.06. The highest BCUT2D eigenvalue weighted by atomic mass is 32.2. The maximum absolute atomic E-state index is 11.2. The van der Waals surface area contributed by atoms with E-state index >= 15 is 0 Å². The molecular weight excluding hydrogens is 202 g/mol. The van der Waals surface area contributed by atoms with Crippen LogP contribution in [0.2, 0.25) is 0 Å². The number of ether oxygens (including phenoxy) is 1. The summed E-state index contributed by atoms with van der Waals surface area (Å²) in [5.41, 5.74) is 0. The van der Waals surface area contributed by atoms with Gasteiger partial charge in [0.1, 0.15) is 5.82 Å². The molecule has 5 nitrogen and oxygen atoms in total. The molecule has 0 spiro atoms. The van der Waals surface area contributed by atoms with Crippen molar-refractivity contribution < 1.29 is 9.53 Å². The minimum atomic E-state index is -0.473. The molecular formula is C8H13N3O2S. The van der Waals surface area contributed by atoms with Gasteiger partial charge in [-0.05, 0) is 13.2 Å². The lowest BCUT2D eigenvalue weighted by Crippen LogP contribution is -2.06. The molecule has 0 unspecified atom stereocenters. The molecule has 0 bridgehead atoms. The molecule has 1 aromatic rings. The lowest BCUT2D eigenvalue weighted by molar-refractivity contribution is 0.0512. The molecule has 0 saturated carbocycles. The molecule has 0 fully saturated rings. The number of aromatic amines is 1. The molecule has 0 aliphatic heterocycles. The first-order valence-corrected chi connectivity index (χ1v) is 5.74. The number of hydrogen-bond acceptors (Lipinski definition) is 5. The third-order valence-corrected chi connectivity index (χ3v) is 2.15. The summed E-state index contributed by atoms with van der Waals surface area (Å²) in [7, 11) is 0. The lowest BCUT2D eigenvalue weighted by Gasteiger charge is -1.94. The van der Waals surface area contributed by atoms with Crippen LogP contribution in [-0.4, -0.2) is 39.8 Å². The van der Waals surface area contributed by atoms with Crippen molar-refractivity contribution in [3.63, 3.8) is 0 Å². The van der Waals surface area contributed by atoms with Crippen molar-refractivity contribution in [3.8, 4) is 0 Å². The first-order valence-electron chi connectivity index (χ1n) is 4.35. The van der Waals surface area contributed by atoms with Crippen molar-refractivity contribution in [3.05, 3.63) is 11.6 Å². The molecule has 0 aliphatic rings. The maximum atomic E-state index is 11.2. The SMILES string of the molecule is CCOC(=O)c1n[nH]c(CCSC)n1. The Balaban J connectivity index is 2.54. The van der Waals surface area contributed by atoms with E-state index in [9.17, 15) is 4.79 Å². The van der Waals surface area contributed by atoms with Crippen molar-refractivity contribution in [2.45, 2.75) is 13.3 Å². The predicted molar refractivity (Wildman–Crippen MR) is 54.4 cm³/mol. The Hall–Kier alpha value is -1.04. The highest BCUT2D eigenvalue weighted by Crippen LogP contribution is 2.00. The van der Waals surface area contributed by atoms with E-state index in [0.717, 1.165) is 18.0 Å². The number of hydrogen-bond donors (Lipinski definition) is 1. The van der Waals surface area contributed by atoms with E-state index in [0.29, 0.717) is 6.61 Å². The number of aromatic nitrogens is 3. The summed E-state index contributed by atoms with van der Waals surface area (Å²) in [5, 5.41) is 6.47. The fourth-order valence-corrected chi connectivity index (χ4v) is 1.29. The summed E-state index contributed by atoms with van der Waals surface area (Å²) in [6.45, 7) is 2.09. The molecule has 0 aliphatic carbocycles. The maximum Gasteiger partial charge on any atom is 0.378 e. The van der Waals surface area contributed by atoms with Crippen LogP contribution in [0.4, 0.5) is 0 Å². The molecule has 1 rings (SSSR count). The van der Waals surface area contributed by atoms with Gasteiger partial charge in [-0.2, -0.15) is 11.8 Å². The molecule has 0 amide bonds. The number of esters is 1. The van der Waals surface area contributed by atoms with Crippen molar-refractivity contribution in [2.24, 2.45) is 0 Å². The van der Waals surface area contributed by atoms with E-state index < -0.39 is 5.97 Å². The van der Waals surface area contributed by atoms with Crippen LogP contribution in [0.15, 0.2) is 0 Å². The van der Waals surface area contributed by atoms with Crippen LogP contribution in [0.25, 0.3) is 0 Å². The Morgan fingerprint density at radius 3 is 3.07 bits per heavy atom. The average Bonchev–Trinajstić information content (AvgIpc) is 2.63. The molecule has 1 heterocycles. The monoisotopic (exact) mass is 215 g/mol. The fourth-order valence-electron chi connectivity index (χ4n) is 0.893. The Kier molecular flexibility index (Phi) is 4.45. The highest BCUT2D eigenvalue weighted by Gasteiger charge is 2.12. The highest BCUT2D eigenvalue weighted by molar-refractivity contribution is 7.98. The first-order chi connectivity index (χ1) is 6.77. The molecule has 1 aromatic heterocycles. The van der Waals surface area contributed by atoms with Crippen LogP contribution in [0.5, 0.6) is 0 Å².